The van der Waals surface area contributed by atoms with Crippen LogP contribution in [0.15, 0.2) is 16.9 Å². The molecule has 38 heavy (non-hydrogen) atoms. The summed E-state index contributed by atoms with van der Waals surface area (Å²) < 4.78 is 15.4. The first-order chi connectivity index (χ1) is 18.0. The van der Waals surface area contributed by atoms with Gasteiger partial charge in [-0.1, -0.05) is 6.92 Å². The predicted molar refractivity (Wildman–Crippen MR) is 131 cm³/mol. The number of nitrogens with one attached hydrogen (secondary N) is 2. The normalized spacial score (nSPS) is 30.5. The Balaban J connectivity index is 1.22. The number of aromatic nitrogens is 4. The smallest absolute Gasteiger partial charge is 0.353 e. The van der Waals surface area contributed by atoms with Gasteiger partial charge in [-0.05, 0) is 23.8 Å². The fourth-order valence-electron chi connectivity index (χ4n) is 5.79. The van der Waals surface area contributed by atoms with Gasteiger partial charge in [0.05, 0.1) is 31.1 Å². The molecule has 5 rings (SSSR count). The molecule has 1 aromatic heterocycles. The molecule has 0 radical (unpaired) electrons. The third-order valence-electron chi connectivity index (χ3n) is 7.72. The van der Waals surface area contributed by atoms with Crippen LogP contribution in [-0.4, -0.2) is 114 Å². The average Bonchev–Trinajstić information content (AvgIpc) is 3.57. The highest BCUT2D eigenvalue weighted by Crippen LogP contribution is 2.52. The summed E-state index contributed by atoms with van der Waals surface area (Å²) in [5.41, 5.74) is 3.86. The third kappa shape index (κ3) is 4.53. The number of carboxylic acid groups (broad SMARTS) is 1. The number of amides is 3. The number of carbonyl (C=O) groups is 4. The highest BCUT2D eigenvalue weighted by molar-refractivity contribution is 8.03. The number of alkyl halides is 1. The minimum atomic E-state index is -1.52. The molecule has 3 fully saturated rings. The lowest BCUT2D eigenvalue weighted by molar-refractivity contribution is -0.158. The van der Waals surface area contributed by atoms with Gasteiger partial charge in [-0.2, -0.15) is 0 Å². The molecule has 206 valence electrons. The van der Waals surface area contributed by atoms with Crippen molar-refractivity contribution in [2.24, 2.45) is 17.6 Å². The zero-order chi connectivity index (χ0) is 27.4. The van der Waals surface area contributed by atoms with Crippen LogP contribution in [-0.2, 0) is 25.7 Å². The van der Waals surface area contributed by atoms with Crippen LogP contribution in [0.1, 0.15) is 20.3 Å². The number of rotatable bonds is 9. The van der Waals surface area contributed by atoms with Crippen LogP contribution in [0.5, 0.6) is 0 Å². The van der Waals surface area contributed by atoms with Crippen LogP contribution in [0.4, 0.5) is 4.39 Å². The number of hydrogen-bond acceptors (Lipinski definition) is 10. The number of hydrogen-bond donors (Lipinski definition) is 4. The molecule has 5 heterocycles. The minimum Gasteiger partial charge on any atom is -0.477 e. The summed E-state index contributed by atoms with van der Waals surface area (Å²) in [4.78, 5) is 53.8. The maximum Gasteiger partial charge on any atom is 0.353 e. The van der Waals surface area contributed by atoms with Crippen molar-refractivity contribution in [1.29, 1.82) is 0 Å². The number of halogens is 1. The topological polar surface area (TPSA) is 189 Å². The second-order valence-electron chi connectivity index (χ2n) is 10.4. The number of nitrogens with zero attached hydrogens (tertiary/aromatic N) is 6. The fraction of sp³-hybridized carbons (Fsp3) is 0.682. The lowest BCUT2D eigenvalue weighted by Gasteiger charge is -2.47. The van der Waals surface area contributed by atoms with E-state index in [1.807, 2.05) is 6.92 Å². The first-order valence-electron chi connectivity index (χ1n) is 12.4. The second kappa shape index (κ2) is 9.89. The number of tetrazole rings is 1. The van der Waals surface area contributed by atoms with Crippen LogP contribution < -0.4 is 16.4 Å². The van der Waals surface area contributed by atoms with Gasteiger partial charge in [-0.25, -0.2) is 13.9 Å². The van der Waals surface area contributed by atoms with Gasteiger partial charge in [0, 0.05) is 35.2 Å². The summed E-state index contributed by atoms with van der Waals surface area (Å²) in [7, 11) is 0. The zero-order valence-corrected chi connectivity index (χ0v) is 21.7. The van der Waals surface area contributed by atoms with Gasteiger partial charge in [0.1, 0.15) is 18.6 Å². The Morgan fingerprint density at radius 3 is 2.76 bits per heavy atom. The highest BCUT2D eigenvalue weighted by atomic mass is 32.2. The van der Waals surface area contributed by atoms with E-state index < -0.39 is 35.7 Å². The molecule has 3 saturated heterocycles. The van der Waals surface area contributed by atoms with Crippen LogP contribution in [0.25, 0.3) is 0 Å². The lowest BCUT2D eigenvalue weighted by atomic mass is 9.78. The van der Waals surface area contributed by atoms with Gasteiger partial charge in [-0.3, -0.25) is 14.4 Å². The molecule has 0 saturated carbocycles. The Morgan fingerprint density at radius 2 is 2.13 bits per heavy atom. The van der Waals surface area contributed by atoms with Crippen molar-refractivity contribution in [2.45, 2.75) is 55.9 Å². The van der Waals surface area contributed by atoms with E-state index in [9.17, 15) is 28.7 Å². The average molecular weight is 552 g/mol. The van der Waals surface area contributed by atoms with Gasteiger partial charge in [0.2, 0.25) is 17.7 Å². The molecule has 0 aliphatic carbocycles. The molecule has 0 bridgehead atoms. The van der Waals surface area contributed by atoms with E-state index >= 15 is 0 Å². The molecule has 0 spiro atoms. The number of carbonyl (C=O) groups excluding carboxylic acids is 3. The summed E-state index contributed by atoms with van der Waals surface area (Å²) in [6, 6.07) is -1.42. The molecular formula is C22H30FN9O5S. The molecular weight excluding hydrogens is 521 g/mol. The van der Waals surface area contributed by atoms with E-state index in [-0.39, 0.29) is 60.8 Å². The number of likely N-dealkylation sites (tertiary alicyclic amines) is 1. The van der Waals surface area contributed by atoms with Crippen molar-refractivity contribution in [2.75, 3.05) is 26.2 Å². The quantitative estimate of drug-likeness (QED) is 0.247. The monoisotopic (exact) mass is 551 g/mol. The molecule has 6 atom stereocenters. The van der Waals surface area contributed by atoms with E-state index in [1.165, 1.54) is 32.6 Å². The van der Waals surface area contributed by atoms with Gasteiger partial charge >= 0.3 is 5.97 Å². The molecule has 0 aromatic carbocycles. The Morgan fingerprint density at radius 1 is 1.39 bits per heavy atom. The molecule has 3 amide bonds. The Labute approximate surface area is 221 Å². The van der Waals surface area contributed by atoms with Crippen LogP contribution >= 0.6 is 11.8 Å². The second-order valence-corrected chi connectivity index (χ2v) is 11.7. The summed E-state index contributed by atoms with van der Waals surface area (Å²) in [6.45, 7) is 3.80. The molecule has 0 unspecified atom stereocenters. The van der Waals surface area contributed by atoms with E-state index in [0.717, 1.165) is 0 Å². The van der Waals surface area contributed by atoms with Crippen molar-refractivity contribution in [3.05, 3.63) is 16.9 Å². The Kier molecular flexibility index (Phi) is 6.89. The maximum absolute atomic E-state index is 14.1. The summed E-state index contributed by atoms with van der Waals surface area (Å²) >= 11 is 1.37. The molecule has 4 aliphatic heterocycles. The first kappa shape index (κ1) is 26.5. The SMILES string of the molecule is C[C@@H](NC(=O)Cn1cnnn1)[C@H]1C(=O)N2C(C(=O)O)=C(S[C@@H]3CN[C@H](C(=O)N4CC(F)(CN)C4)C3)[C@H](C)[C@H]12. The molecule has 16 heteroatoms. The highest BCUT2D eigenvalue weighted by Gasteiger charge is 2.60. The van der Waals surface area contributed by atoms with Crippen LogP contribution in [0.2, 0.25) is 0 Å². The van der Waals surface area contributed by atoms with Gasteiger partial charge < -0.3 is 31.3 Å². The maximum atomic E-state index is 14.1. The number of nitrogens with two attached hydrogens (primary N) is 1. The van der Waals surface area contributed by atoms with E-state index in [1.54, 1.807) is 6.92 Å². The van der Waals surface area contributed by atoms with Crippen molar-refractivity contribution < 1.29 is 28.7 Å². The summed E-state index contributed by atoms with van der Waals surface area (Å²) in [5.74, 6) is -2.95. The molecule has 5 N–H and O–H groups in total. The van der Waals surface area contributed by atoms with Crippen LogP contribution in [0, 0.1) is 11.8 Å². The van der Waals surface area contributed by atoms with Crippen molar-refractivity contribution in [1.82, 2.24) is 40.6 Å². The minimum absolute atomic E-state index is 0.0196. The van der Waals surface area contributed by atoms with Crippen molar-refractivity contribution in [3.63, 3.8) is 0 Å². The number of fused-ring (bicyclic) bond motifs is 1. The van der Waals surface area contributed by atoms with Gasteiger partial charge in [0.15, 0.2) is 5.67 Å². The molecule has 14 nitrogen and oxygen atoms in total. The van der Waals surface area contributed by atoms with E-state index in [4.69, 9.17) is 5.73 Å². The molecule has 1 aromatic rings. The Bertz CT molecular complexity index is 1170. The lowest BCUT2D eigenvalue weighted by Crippen LogP contribution is -2.66. The predicted octanol–water partition coefficient (Wildman–Crippen LogP) is -2.08. The molecule has 4 aliphatic rings. The van der Waals surface area contributed by atoms with E-state index in [0.29, 0.717) is 17.9 Å². The third-order valence-corrected chi connectivity index (χ3v) is 9.24. The van der Waals surface area contributed by atoms with Crippen LogP contribution in [0.3, 0.4) is 0 Å². The van der Waals surface area contributed by atoms with Crippen molar-refractivity contribution >= 4 is 35.5 Å². The fourth-order valence-corrected chi connectivity index (χ4v) is 7.27. The number of aliphatic carboxylic acids is 1. The largest absolute Gasteiger partial charge is 0.477 e. The zero-order valence-electron chi connectivity index (χ0n) is 20.9. The first-order valence-corrected chi connectivity index (χ1v) is 13.3. The Hall–Kier alpha value is -3.11. The van der Waals surface area contributed by atoms with Crippen molar-refractivity contribution in [3.8, 4) is 0 Å². The standard InChI is InChI=1S/C22H30FN9O5S/c1-10-16-15(11(2)27-14(33)5-31-9-26-28-29-31)20(35)32(16)17(21(36)37)18(10)38-12-3-13(25-4-12)19(34)30-7-22(23,6-24)8-30/h9-13,15-16,25H,3-8,24H2,1-2H3,(H,27,33)(H,36,37)/t10-,11-,12+,13+,15-,16-/m1/s1. The van der Waals surface area contributed by atoms with Gasteiger partial charge in [0.25, 0.3) is 0 Å². The number of thioether (sulfide) groups is 1. The number of β-lactam (4-membered cyclic amide) rings is 1. The summed E-state index contributed by atoms with van der Waals surface area (Å²) in [6.07, 6.45) is 1.76. The van der Waals surface area contributed by atoms with E-state index in [2.05, 4.69) is 26.2 Å². The van der Waals surface area contributed by atoms with Gasteiger partial charge in [-0.15, -0.1) is 16.9 Å². The number of carboxylic acids is 1. The summed E-state index contributed by atoms with van der Waals surface area (Å²) in [5, 5.41) is 26.5.